The first-order valence-electron chi connectivity index (χ1n) is 3.51. The first kappa shape index (κ1) is 9.82. The predicted octanol–water partition coefficient (Wildman–Crippen LogP) is 1.51. The number of aliphatic imine (C=N–C) groups is 1. The molecule has 0 amide bonds. The maximum Gasteiger partial charge on any atom is 0.0937 e. The van der Waals surface area contributed by atoms with Crippen molar-refractivity contribution in [2.75, 3.05) is 12.0 Å². The number of hydrogen-bond donors (Lipinski definition) is 1. The van der Waals surface area contributed by atoms with Crippen molar-refractivity contribution in [3.8, 4) is 0 Å². The molecular formula is C7H16N2S. The minimum absolute atomic E-state index is 0.370. The zero-order valence-electron chi connectivity index (χ0n) is 6.92. The molecule has 0 fully saturated rings. The number of nitrogens with two attached hydrogens (primary N) is 1. The Morgan fingerprint density at radius 1 is 1.70 bits per heavy atom. The number of hydrogen-bond acceptors (Lipinski definition) is 2. The average Bonchev–Trinajstić information content (AvgIpc) is 1.88. The maximum absolute atomic E-state index is 5.54. The van der Waals surface area contributed by atoms with Crippen molar-refractivity contribution in [3.63, 3.8) is 0 Å². The summed E-state index contributed by atoms with van der Waals surface area (Å²) in [7, 11) is 0. The van der Waals surface area contributed by atoms with Crippen molar-refractivity contribution >= 4 is 17.6 Å². The van der Waals surface area contributed by atoms with Crippen LogP contribution >= 0.6 is 11.8 Å². The Kier molecular flexibility index (Phi) is 5.49. The van der Waals surface area contributed by atoms with E-state index in [9.17, 15) is 0 Å². The van der Waals surface area contributed by atoms with Crippen molar-refractivity contribution in [1.82, 2.24) is 0 Å². The molecule has 0 aliphatic heterocycles. The van der Waals surface area contributed by atoms with E-state index in [-0.39, 0.29) is 0 Å². The van der Waals surface area contributed by atoms with Crippen LogP contribution in [0.4, 0.5) is 0 Å². The third kappa shape index (κ3) is 4.68. The molecule has 10 heavy (non-hydrogen) atoms. The molecule has 0 saturated heterocycles. The molecule has 3 heteroatoms. The Bertz CT molecular complexity index is 112. The normalized spacial score (nSPS) is 15.3. The molecule has 2 nitrogen and oxygen atoms in total. The highest BCUT2D eigenvalue weighted by Gasteiger charge is 1.96. The smallest absolute Gasteiger partial charge is 0.0937 e. The zero-order valence-corrected chi connectivity index (χ0v) is 7.74. The lowest BCUT2D eigenvalue weighted by atomic mass is 10.4. The van der Waals surface area contributed by atoms with E-state index >= 15 is 0 Å². The molecule has 1 unspecified atom stereocenters. The second-order valence-corrected chi connectivity index (χ2v) is 3.19. The molecule has 2 N–H and O–H groups in total. The number of thioether (sulfide) groups is 1. The van der Waals surface area contributed by atoms with E-state index in [0.29, 0.717) is 6.04 Å². The topological polar surface area (TPSA) is 38.4 Å². The fraction of sp³-hybridized carbons (Fsp3) is 0.857. The van der Waals surface area contributed by atoms with Gasteiger partial charge >= 0.3 is 0 Å². The van der Waals surface area contributed by atoms with E-state index in [2.05, 4.69) is 18.2 Å². The number of amidine groups is 1. The van der Waals surface area contributed by atoms with Gasteiger partial charge in [-0.05, 0) is 13.2 Å². The lowest BCUT2D eigenvalue weighted by Crippen LogP contribution is -2.14. The minimum Gasteiger partial charge on any atom is -0.387 e. The summed E-state index contributed by atoms with van der Waals surface area (Å²) in [5.41, 5.74) is 5.54. The Morgan fingerprint density at radius 2 is 2.30 bits per heavy atom. The summed E-state index contributed by atoms with van der Waals surface area (Å²) in [4.78, 5) is 4.26. The molecule has 0 saturated carbocycles. The Balaban J connectivity index is 3.62. The third-order valence-corrected chi connectivity index (χ3v) is 1.97. The van der Waals surface area contributed by atoms with Crippen LogP contribution in [0.15, 0.2) is 4.99 Å². The molecule has 0 aromatic heterocycles. The number of rotatable bonds is 4. The Hall–Kier alpha value is -0.180. The molecular weight excluding hydrogens is 144 g/mol. The molecule has 0 aromatic carbocycles. The summed E-state index contributed by atoms with van der Waals surface area (Å²) >= 11 is 1.80. The van der Waals surface area contributed by atoms with Crippen LogP contribution in [0, 0.1) is 0 Å². The molecule has 0 aliphatic carbocycles. The molecule has 0 heterocycles. The highest BCUT2D eigenvalue weighted by atomic mass is 32.2. The maximum atomic E-state index is 5.54. The van der Waals surface area contributed by atoms with Gasteiger partial charge in [0.2, 0.25) is 0 Å². The van der Waals surface area contributed by atoms with Crippen LogP contribution in [-0.2, 0) is 0 Å². The molecule has 0 aromatic rings. The highest BCUT2D eigenvalue weighted by Crippen LogP contribution is 2.00. The predicted molar refractivity (Wildman–Crippen MR) is 49.8 cm³/mol. The van der Waals surface area contributed by atoms with Gasteiger partial charge in [-0.15, -0.1) is 0 Å². The second-order valence-electron chi connectivity index (χ2n) is 2.28. The van der Waals surface area contributed by atoms with Crippen LogP contribution < -0.4 is 5.73 Å². The summed E-state index contributed by atoms with van der Waals surface area (Å²) in [5, 5.41) is 0. The minimum atomic E-state index is 0.370. The van der Waals surface area contributed by atoms with Gasteiger partial charge in [-0.25, -0.2) is 0 Å². The number of nitrogens with zero attached hydrogens (tertiary/aromatic N) is 1. The van der Waals surface area contributed by atoms with Gasteiger partial charge in [-0.2, -0.15) is 11.8 Å². The van der Waals surface area contributed by atoms with E-state index in [0.717, 1.165) is 18.0 Å². The van der Waals surface area contributed by atoms with Gasteiger partial charge in [0, 0.05) is 12.2 Å². The van der Waals surface area contributed by atoms with E-state index in [1.807, 2.05) is 6.92 Å². The van der Waals surface area contributed by atoms with E-state index < -0.39 is 0 Å². The van der Waals surface area contributed by atoms with Gasteiger partial charge < -0.3 is 5.73 Å². The average molecular weight is 160 g/mol. The highest BCUT2D eigenvalue weighted by molar-refractivity contribution is 7.98. The molecule has 0 spiro atoms. The Labute approximate surface area is 67.3 Å². The van der Waals surface area contributed by atoms with E-state index in [1.54, 1.807) is 11.8 Å². The van der Waals surface area contributed by atoms with Crippen LogP contribution in [0.1, 0.15) is 20.3 Å². The van der Waals surface area contributed by atoms with Crippen LogP contribution in [0.3, 0.4) is 0 Å². The van der Waals surface area contributed by atoms with Gasteiger partial charge in [0.1, 0.15) is 0 Å². The van der Waals surface area contributed by atoms with Crippen molar-refractivity contribution in [3.05, 3.63) is 0 Å². The largest absolute Gasteiger partial charge is 0.387 e. The molecule has 0 aliphatic rings. The van der Waals surface area contributed by atoms with Gasteiger partial charge in [0.15, 0.2) is 0 Å². The van der Waals surface area contributed by atoms with E-state index in [1.165, 1.54) is 0 Å². The van der Waals surface area contributed by atoms with Gasteiger partial charge in [0.05, 0.1) is 11.9 Å². The third-order valence-electron chi connectivity index (χ3n) is 1.16. The molecule has 1 atom stereocenters. The first-order valence-corrected chi connectivity index (χ1v) is 4.91. The fourth-order valence-electron chi connectivity index (χ4n) is 0.653. The van der Waals surface area contributed by atoms with Crippen molar-refractivity contribution < 1.29 is 0 Å². The lowest BCUT2D eigenvalue weighted by Gasteiger charge is -2.03. The van der Waals surface area contributed by atoms with Crippen molar-refractivity contribution in [2.24, 2.45) is 10.7 Å². The van der Waals surface area contributed by atoms with Gasteiger partial charge in [-0.1, -0.05) is 6.92 Å². The molecule has 60 valence electrons. The Morgan fingerprint density at radius 3 is 2.70 bits per heavy atom. The fourth-order valence-corrected chi connectivity index (χ4v) is 1.21. The van der Waals surface area contributed by atoms with Crippen LogP contribution in [-0.4, -0.2) is 23.9 Å². The summed E-state index contributed by atoms with van der Waals surface area (Å²) in [6.45, 7) is 4.10. The van der Waals surface area contributed by atoms with Gasteiger partial charge in [-0.3, -0.25) is 4.99 Å². The monoisotopic (exact) mass is 160 g/mol. The molecule has 0 rings (SSSR count). The zero-order chi connectivity index (χ0) is 7.98. The first-order chi connectivity index (χ1) is 4.70. The second kappa shape index (κ2) is 5.59. The summed E-state index contributed by atoms with van der Waals surface area (Å²) < 4.78 is 0. The van der Waals surface area contributed by atoms with Crippen molar-refractivity contribution in [2.45, 2.75) is 26.3 Å². The van der Waals surface area contributed by atoms with Crippen LogP contribution in [0.25, 0.3) is 0 Å². The van der Waals surface area contributed by atoms with Crippen LogP contribution in [0.5, 0.6) is 0 Å². The SMILES string of the molecule is CCC(N)=NC(C)CSC. The summed E-state index contributed by atoms with van der Waals surface area (Å²) in [6, 6.07) is 0.370. The lowest BCUT2D eigenvalue weighted by molar-refractivity contribution is 0.841. The summed E-state index contributed by atoms with van der Waals surface area (Å²) in [6.07, 6.45) is 2.94. The quantitative estimate of drug-likeness (QED) is 0.500. The van der Waals surface area contributed by atoms with Crippen molar-refractivity contribution in [1.29, 1.82) is 0 Å². The van der Waals surface area contributed by atoms with Gasteiger partial charge in [0.25, 0.3) is 0 Å². The molecule has 0 bridgehead atoms. The molecule has 0 radical (unpaired) electrons. The standard InChI is InChI=1S/C7H16N2S/c1-4-7(8)9-6(2)5-10-3/h6H,4-5H2,1-3H3,(H2,8,9). The van der Waals surface area contributed by atoms with Crippen LogP contribution in [0.2, 0.25) is 0 Å². The van der Waals surface area contributed by atoms with E-state index in [4.69, 9.17) is 5.73 Å². The summed E-state index contributed by atoms with van der Waals surface area (Å²) in [5.74, 6) is 1.82.